The molecule has 1 aliphatic heterocycles. The summed E-state index contributed by atoms with van der Waals surface area (Å²) < 4.78 is 5.47. The highest BCUT2D eigenvalue weighted by Gasteiger charge is 2.51. The standard InChI is InChI=1S/C12H21NO2.ClH/c1-11(2,3)15-10(14)9-7-13-8-12(9)5-4-6-12;/h9,13H,4-8H2,1-3H3;1H. The molecule has 16 heavy (non-hydrogen) atoms. The lowest BCUT2D eigenvalue weighted by molar-refractivity contribution is -0.165. The minimum absolute atomic E-state index is 0. The topological polar surface area (TPSA) is 38.3 Å². The van der Waals surface area contributed by atoms with E-state index < -0.39 is 0 Å². The second kappa shape index (κ2) is 4.53. The van der Waals surface area contributed by atoms with Gasteiger partial charge in [-0.15, -0.1) is 12.4 Å². The third kappa shape index (κ3) is 2.51. The quantitative estimate of drug-likeness (QED) is 0.722. The maximum absolute atomic E-state index is 12.0. The van der Waals surface area contributed by atoms with E-state index in [4.69, 9.17) is 4.74 Å². The van der Waals surface area contributed by atoms with Crippen LogP contribution in [0, 0.1) is 11.3 Å². The largest absolute Gasteiger partial charge is 0.460 e. The Labute approximate surface area is 104 Å². The summed E-state index contributed by atoms with van der Waals surface area (Å²) in [6, 6.07) is 0. The predicted octanol–water partition coefficient (Wildman–Crippen LogP) is 2.14. The van der Waals surface area contributed by atoms with Crippen molar-refractivity contribution in [2.45, 2.75) is 45.6 Å². The predicted molar refractivity (Wildman–Crippen MR) is 65.7 cm³/mol. The molecule has 2 rings (SSSR count). The van der Waals surface area contributed by atoms with E-state index in [2.05, 4.69) is 5.32 Å². The van der Waals surface area contributed by atoms with Crippen LogP contribution in [0.15, 0.2) is 0 Å². The Morgan fingerprint density at radius 2 is 2.00 bits per heavy atom. The summed E-state index contributed by atoms with van der Waals surface area (Å²) in [4.78, 5) is 12.0. The van der Waals surface area contributed by atoms with Crippen molar-refractivity contribution in [2.75, 3.05) is 13.1 Å². The lowest BCUT2D eigenvalue weighted by Gasteiger charge is -2.42. The van der Waals surface area contributed by atoms with Gasteiger partial charge in [-0.2, -0.15) is 0 Å². The van der Waals surface area contributed by atoms with Crippen LogP contribution < -0.4 is 5.32 Å². The van der Waals surface area contributed by atoms with Crippen LogP contribution in [0.25, 0.3) is 0 Å². The Balaban J connectivity index is 0.00000128. The van der Waals surface area contributed by atoms with Crippen LogP contribution in [-0.2, 0) is 9.53 Å². The lowest BCUT2D eigenvalue weighted by Crippen LogP contribution is -2.43. The Kier molecular flexibility index (Phi) is 3.91. The van der Waals surface area contributed by atoms with E-state index in [9.17, 15) is 4.79 Å². The Morgan fingerprint density at radius 1 is 1.38 bits per heavy atom. The molecule has 4 heteroatoms. The molecule has 1 atom stereocenters. The molecule has 1 spiro atoms. The number of carbonyl (C=O) groups excluding carboxylic acids is 1. The van der Waals surface area contributed by atoms with E-state index in [-0.39, 0.29) is 35.3 Å². The second-order valence-electron chi connectivity index (χ2n) is 5.93. The maximum Gasteiger partial charge on any atom is 0.311 e. The van der Waals surface area contributed by atoms with Gasteiger partial charge in [-0.3, -0.25) is 4.79 Å². The monoisotopic (exact) mass is 247 g/mol. The maximum atomic E-state index is 12.0. The van der Waals surface area contributed by atoms with E-state index in [1.807, 2.05) is 20.8 Å². The minimum Gasteiger partial charge on any atom is -0.460 e. The van der Waals surface area contributed by atoms with Crippen LogP contribution in [-0.4, -0.2) is 24.7 Å². The molecule has 1 unspecified atom stereocenters. The van der Waals surface area contributed by atoms with Gasteiger partial charge in [0.1, 0.15) is 5.60 Å². The van der Waals surface area contributed by atoms with Crippen molar-refractivity contribution in [3.8, 4) is 0 Å². The fourth-order valence-corrected chi connectivity index (χ4v) is 2.67. The summed E-state index contributed by atoms with van der Waals surface area (Å²) in [6.07, 6.45) is 3.63. The van der Waals surface area contributed by atoms with E-state index in [0.717, 1.165) is 13.1 Å². The van der Waals surface area contributed by atoms with Crippen molar-refractivity contribution in [1.29, 1.82) is 0 Å². The number of hydrogen-bond donors (Lipinski definition) is 1. The Bertz CT molecular complexity index is 269. The summed E-state index contributed by atoms with van der Waals surface area (Å²) in [5.74, 6) is 0.0812. The molecule has 0 bridgehead atoms. The lowest BCUT2D eigenvalue weighted by atomic mass is 9.63. The molecule has 3 nitrogen and oxygen atoms in total. The molecule has 1 saturated carbocycles. The molecule has 0 aromatic heterocycles. The number of rotatable bonds is 1. The second-order valence-corrected chi connectivity index (χ2v) is 5.93. The van der Waals surface area contributed by atoms with Crippen molar-refractivity contribution >= 4 is 18.4 Å². The van der Waals surface area contributed by atoms with E-state index in [1.165, 1.54) is 19.3 Å². The zero-order valence-electron chi connectivity index (χ0n) is 10.3. The highest BCUT2D eigenvalue weighted by molar-refractivity contribution is 5.85. The molecule has 1 heterocycles. The first-order valence-electron chi connectivity index (χ1n) is 5.87. The number of carbonyl (C=O) groups is 1. The number of ether oxygens (including phenoxy) is 1. The molecule has 0 aromatic rings. The van der Waals surface area contributed by atoms with Gasteiger partial charge in [0.25, 0.3) is 0 Å². The van der Waals surface area contributed by atoms with Gasteiger partial charge in [0.15, 0.2) is 0 Å². The van der Waals surface area contributed by atoms with Crippen molar-refractivity contribution in [3.63, 3.8) is 0 Å². The van der Waals surface area contributed by atoms with Crippen LogP contribution in [0.4, 0.5) is 0 Å². The van der Waals surface area contributed by atoms with Crippen LogP contribution in [0.2, 0.25) is 0 Å². The number of nitrogens with one attached hydrogen (secondary N) is 1. The van der Waals surface area contributed by atoms with Gasteiger partial charge in [0, 0.05) is 13.1 Å². The smallest absolute Gasteiger partial charge is 0.311 e. The van der Waals surface area contributed by atoms with Gasteiger partial charge < -0.3 is 10.1 Å². The number of hydrogen-bond acceptors (Lipinski definition) is 3. The molecule has 2 fully saturated rings. The van der Waals surface area contributed by atoms with Gasteiger partial charge in [-0.25, -0.2) is 0 Å². The van der Waals surface area contributed by atoms with Gasteiger partial charge in [0.05, 0.1) is 5.92 Å². The Hall–Kier alpha value is -0.280. The summed E-state index contributed by atoms with van der Waals surface area (Å²) in [7, 11) is 0. The summed E-state index contributed by atoms with van der Waals surface area (Å²) in [5.41, 5.74) is -0.118. The minimum atomic E-state index is -0.357. The SMILES string of the molecule is CC(C)(C)OC(=O)C1CNCC12CCC2.Cl. The number of halogens is 1. The van der Waals surface area contributed by atoms with Crippen LogP contribution >= 0.6 is 12.4 Å². The highest BCUT2D eigenvalue weighted by Crippen LogP contribution is 2.49. The first-order chi connectivity index (χ1) is 6.93. The van der Waals surface area contributed by atoms with Gasteiger partial charge in [-0.1, -0.05) is 6.42 Å². The van der Waals surface area contributed by atoms with E-state index in [0.29, 0.717) is 0 Å². The molecule has 1 N–H and O–H groups in total. The normalized spacial score (nSPS) is 27.1. The average molecular weight is 248 g/mol. The zero-order valence-corrected chi connectivity index (χ0v) is 11.2. The van der Waals surface area contributed by atoms with E-state index >= 15 is 0 Å². The molecule has 0 aromatic carbocycles. The van der Waals surface area contributed by atoms with Crippen LogP contribution in [0.5, 0.6) is 0 Å². The molecule has 2 aliphatic rings. The average Bonchev–Trinajstić information content (AvgIpc) is 2.42. The van der Waals surface area contributed by atoms with Crippen molar-refractivity contribution < 1.29 is 9.53 Å². The first kappa shape index (κ1) is 13.8. The zero-order chi connectivity index (χ0) is 11.1. The van der Waals surface area contributed by atoms with Crippen molar-refractivity contribution in [2.24, 2.45) is 11.3 Å². The van der Waals surface area contributed by atoms with Gasteiger partial charge in [0.2, 0.25) is 0 Å². The van der Waals surface area contributed by atoms with Gasteiger partial charge in [-0.05, 0) is 39.0 Å². The fraction of sp³-hybridized carbons (Fsp3) is 0.917. The molecule has 94 valence electrons. The highest BCUT2D eigenvalue weighted by atomic mass is 35.5. The number of esters is 1. The molecule has 0 amide bonds. The molecule has 1 aliphatic carbocycles. The summed E-state index contributed by atoms with van der Waals surface area (Å²) in [5, 5.41) is 3.33. The molecular formula is C12H22ClNO2. The van der Waals surface area contributed by atoms with Crippen molar-refractivity contribution in [1.82, 2.24) is 5.32 Å². The fourth-order valence-electron chi connectivity index (χ4n) is 2.67. The molecular weight excluding hydrogens is 226 g/mol. The van der Waals surface area contributed by atoms with Gasteiger partial charge >= 0.3 is 5.97 Å². The Morgan fingerprint density at radius 3 is 2.44 bits per heavy atom. The summed E-state index contributed by atoms with van der Waals surface area (Å²) in [6.45, 7) is 7.59. The van der Waals surface area contributed by atoms with Crippen LogP contribution in [0.3, 0.4) is 0 Å². The third-order valence-electron chi connectivity index (χ3n) is 3.61. The first-order valence-corrected chi connectivity index (χ1v) is 5.87. The van der Waals surface area contributed by atoms with Crippen LogP contribution in [0.1, 0.15) is 40.0 Å². The third-order valence-corrected chi connectivity index (χ3v) is 3.61. The summed E-state index contributed by atoms with van der Waals surface area (Å²) >= 11 is 0. The molecule has 1 saturated heterocycles. The van der Waals surface area contributed by atoms with Crippen molar-refractivity contribution in [3.05, 3.63) is 0 Å². The molecule has 0 radical (unpaired) electrons. The van der Waals surface area contributed by atoms with E-state index in [1.54, 1.807) is 0 Å².